The highest BCUT2D eigenvalue weighted by Crippen LogP contribution is 2.33. The molecule has 27 heavy (non-hydrogen) atoms. The number of imidazole rings is 1. The van der Waals surface area contributed by atoms with Gasteiger partial charge in [-0.2, -0.15) is 0 Å². The Kier molecular flexibility index (Phi) is 4.59. The van der Waals surface area contributed by atoms with Gasteiger partial charge in [0.2, 0.25) is 0 Å². The van der Waals surface area contributed by atoms with E-state index >= 15 is 0 Å². The van der Waals surface area contributed by atoms with E-state index in [1.165, 1.54) is 26.4 Å². The number of methoxy groups -OCH3 is 1. The number of hydrogen-bond donors (Lipinski definition) is 1. The highest BCUT2D eigenvalue weighted by Gasteiger charge is 2.23. The lowest BCUT2D eigenvalue weighted by Gasteiger charge is -2.24. The summed E-state index contributed by atoms with van der Waals surface area (Å²) in [5.41, 5.74) is 2.70. The first-order chi connectivity index (χ1) is 13.1. The van der Waals surface area contributed by atoms with Gasteiger partial charge in [0, 0.05) is 19.2 Å². The lowest BCUT2D eigenvalue weighted by atomic mass is 9.95. The Labute approximate surface area is 157 Å². The van der Waals surface area contributed by atoms with Crippen LogP contribution in [0.3, 0.4) is 0 Å². The first-order valence-electron chi connectivity index (χ1n) is 9.38. The molecule has 4 rings (SSSR count). The number of carbonyl (C=O) groups excluding carboxylic acids is 1. The molecule has 1 aliphatic carbocycles. The SMILES string of the molecule is COC(=O)c1ccc2nc(-c3nc(C)oc3C)c(NC3CCCCC3)n2c1. The van der Waals surface area contributed by atoms with E-state index in [0.29, 0.717) is 17.5 Å². The zero-order valence-electron chi connectivity index (χ0n) is 15.9. The predicted molar refractivity (Wildman–Crippen MR) is 102 cm³/mol. The van der Waals surface area contributed by atoms with Crippen molar-refractivity contribution in [2.24, 2.45) is 0 Å². The van der Waals surface area contributed by atoms with E-state index < -0.39 is 0 Å². The molecule has 0 aliphatic heterocycles. The number of ether oxygens (including phenoxy) is 1. The van der Waals surface area contributed by atoms with Gasteiger partial charge in [-0.1, -0.05) is 19.3 Å². The Morgan fingerprint density at radius 1 is 1.19 bits per heavy atom. The summed E-state index contributed by atoms with van der Waals surface area (Å²) in [7, 11) is 1.38. The van der Waals surface area contributed by atoms with Crippen LogP contribution in [-0.2, 0) is 4.74 Å². The third-order valence-corrected chi connectivity index (χ3v) is 5.11. The van der Waals surface area contributed by atoms with Crippen LogP contribution in [0.1, 0.15) is 54.1 Å². The molecule has 142 valence electrons. The van der Waals surface area contributed by atoms with Crippen LogP contribution in [-0.4, -0.2) is 33.5 Å². The number of hydrogen-bond acceptors (Lipinski definition) is 6. The van der Waals surface area contributed by atoms with Crippen LogP contribution in [0.5, 0.6) is 0 Å². The summed E-state index contributed by atoms with van der Waals surface area (Å²) in [5.74, 6) is 1.82. The average molecular weight is 368 g/mol. The fourth-order valence-electron chi connectivity index (χ4n) is 3.78. The summed E-state index contributed by atoms with van der Waals surface area (Å²) in [5, 5.41) is 3.66. The number of fused-ring (bicyclic) bond motifs is 1. The van der Waals surface area contributed by atoms with Crippen molar-refractivity contribution < 1.29 is 13.9 Å². The van der Waals surface area contributed by atoms with Crippen molar-refractivity contribution in [3.63, 3.8) is 0 Å². The fourth-order valence-corrected chi connectivity index (χ4v) is 3.78. The van der Waals surface area contributed by atoms with E-state index in [0.717, 1.165) is 41.5 Å². The molecule has 0 unspecified atom stereocenters. The van der Waals surface area contributed by atoms with Crippen LogP contribution >= 0.6 is 0 Å². The van der Waals surface area contributed by atoms with Gasteiger partial charge in [-0.25, -0.2) is 14.8 Å². The Balaban J connectivity index is 1.86. The van der Waals surface area contributed by atoms with Crippen molar-refractivity contribution in [2.45, 2.75) is 52.0 Å². The third kappa shape index (κ3) is 3.29. The molecule has 0 spiro atoms. The smallest absolute Gasteiger partial charge is 0.339 e. The standard InChI is InChI=1S/C20H24N4O3/c1-12-17(21-13(2)27-12)18-19(22-15-7-5-4-6-8-15)24-11-14(20(25)26-3)9-10-16(24)23-18/h9-11,15,22H,4-8H2,1-3H3. The van der Waals surface area contributed by atoms with Gasteiger partial charge in [-0.3, -0.25) is 4.40 Å². The Morgan fingerprint density at radius 2 is 1.96 bits per heavy atom. The summed E-state index contributed by atoms with van der Waals surface area (Å²) >= 11 is 0. The lowest BCUT2D eigenvalue weighted by molar-refractivity contribution is 0.0600. The molecule has 0 amide bonds. The van der Waals surface area contributed by atoms with Crippen molar-refractivity contribution in [2.75, 3.05) is 12.4 Å². The molecule has 3 aromatic heterocycles. The zero-order chi connectivity index (χ0) is 19.0. The lowest BCUT2D eigenvalue weighted by Crippen LogP contribution is -2.23. The highest BCUT2D eigenvalue weighted by molar-refractivity contribution is 5.90. The van der Waals surface area contributed by atoms with E-state index in [-0.39, 0.29) is 5.97 Å². The quantitative estimate of drug-likeness (QED) is 0.697. The third-order valence-electron chi connectivity index (χ3n) is 5.11. The molecule has 3 aromatic rings. The van der Waals surface area contributed by atoms with Crippen LogP contribution in [0.2, 0.25) is 0 Å². The highest BCUT2D eigenvalue weighted by atomic mass is 16.5. The van der Waals surface area contributed by atoms with Gasteiger partial charge >= 0.3 is 5.97 Å². The number of nitrogens with zero attached hydrogens (tertiary/aromatic N) is 3. The number of oxazole rings is 1. The maximum absolute atomic E-state index is 12.0. The minimum absolute atomic E-state index is 0.371. The second-order valence-electron chi connectivity index (χ2n) is 7.06. The van der Waals surface area contributed by atoms with Gasteiger partial charge in [0.25, 0.3) is 0 Å². The van der Waals surface area contributed by atoms with E-state index in [9.17, 15) is 4.79 Å². The Morgan fingerprint density at radius 3 is 2.63 bits per heavy atom. The second-order valence-corrected chi connectivity index (χ2v) is 7.06. The van der Waals surface area contributed by atoms with Gasteiger partial charge in [0.05, 0.1) is 12.7 Å². The summed E-state index contributed by atoms with van der Waals surface area (Å²) in [4.78, 5) is 21.3. The fraction of sp³-hybridized carbons (Fsp3) is 0.450. The van der Waals surface area contributed by atoms with Crippen molar-refractivity contribution in [1.29, 1.82) is 0 Å². The second kappa shape index (κ2) is 7.06. The molecule has 1 aliphatic rings. The molecule has 1 saturated carbocycles. The molecule has 0 atom stereocenters. The van der Waals surface area contributed by atoms with Crippen LogP contribution < -0.4 is 5.32 Å². The molecular formula is C20H24N4O3. The summed E-state index contributed by atoms with van der Waals surface area (Å²) in [6, 6.07) is 3.93. The minimum atomic E-state index is -0.371. The molecule has 0 bridgehead atoms. The van der Waals surface area contributed by atoms with Gasteiger partial charge < -0.3 is 14.5 Å². The first kappa shape index (κ1) is 17.6. The molecule has 3 heterocycles. The van der Waals surface area contributed by atoms with E-state index in [1.54, 1.807) is 12.3 Å². The summed E-state index contributed by atoms with van der Waals surface area (Å²) in [6.45, 7) is 3.72. The molecule has 0 aromatic carbocycles. The van der Waals surface area contributed by atoms with Crippen molar-refractivity contribution >= 4 is 17.4 Å². The van der Waals surface area contributed by atoms with Crippen molar-refractivity contribution in [3.8, 4) is 11.4 Å². The molecular weight excluding hydrogens is 344 g/mol. The van der Waals surface area contributed by atoms with Gasteiger partial charge in [-0.05, 0) is 31.9 Å². The predicted octanol–water partition coefficient (Wildman–Crippen LogP) is 4.14. The number of aromatic nitrogens is 3. The van der Waals surface area contributed by atoms with Crippen molar-refractivity contribution in [1.82, 2.24) is 14.4 Å². The molecule has 7 nitrogen and oxygen atoms in total. The number of rotatable bonds is 4. The molecule has 0 saturated heterocycles. The van der Waals surface area contributed by atoms with Crippen LogP contribution in [0.4, 0.5) is 5.82 Å². The first-order valence-corrected chi connectivity index (χ1v) is 9.38. The number of carbonyl (C=O) groups is 1. The van der Waals surface area contributed by atoms with Gasteiger partial charge in [-0.15, -0.1) is 0 Å². The maximum atomic E-state index is 12.0. The molecule has 0 radical (unpaired) electrons. The number of anilines is 1. The minimum Gasteiger partial charge on any atom is -0.465 e. The molecule has 7 heteroatoms. The average Bonchev–Trinajstić information content (AvgIpc) is 3.20. The van der Waals surface area contributed by atoms with Gasteiger partial charge in [0.15, 0.2) is 5.89 Å². The largest absolute Gasteiger partial charge is 0.465 e. The van der Waals surface area contributed by atoms with Crippen LogP contribution in [0.25, 0.3) is 17.0 Å². The Bertz CT molecular complexity index is 983. The normalized spacial score (nSPS) is 15.2. The van der Waals surface area contributed by atoms with Crippen LogP contribution in [0, 0.1) is 13.8 Å². The maximum Gasteiger partial charge on any atom is 0.339 e. The monoisotopic (exact) mass is 368 g/mol. The van der Waals surface area contributed by atoms with E-state index in [2.05, 4.69) is 10.3 Å². The van der Waals surface area contributed by atoms with E-state index in [4.69, 9.17) is 14.1 Å². The summed E-state index contributed by atoms with van der Waals surface area (Å²) < 4.78 is 12.4. The Hall–Kier alpha value is -2.83. The zero-order valence-corrected chi connectivity index (χ0v) is 15.9. The number of pyridine rings is 1. The summed E-state index contributed by atoms with van der Waals surface area (Å²) in [6.07, 6.45) is 7.75. The number of aryl methyl sites for hydroxylation is 2. The van der Waals surface area contributed by atoms with Crippen LogP contribution in [0.15, 0.2) is 22.7 Å². The number of esters is 1. The molecule has 1 N–H and O–H groups in total. The number of nitrogens with one attached hydrogen (secondary N) is 1. The van der Waals surface area contributed by atoms with Crippen molar-refractivity contribution in [3.05, 3.63) is 35.5 Å². The topological polar surface area (TPSA) is 81.7 Å². The molecule has 1 fully saturated rings. The van der Waals surface area contributed by atoms with E-state index in [1.807, 2.05) is 24.3 Å². The van der Waals surface area contributed by atoms with Gasteiger partial charge in [0.1, 0.15) is 28.6 Å².